The van der Waals surface area contributed by atoms with Crippen LogP contribution in [0.3, 0.4) is 0 Å². The fourth-order valence-corrected chi connectivity index (χ4v) is 2.67. The molecule has 4 heteroatoms. The van der Waals surface area contributed by atoms with Gasteiger partial charge < -0.3 is 15.4 Å². The number of nitrogens with zero attached hydrogens (tertiary/aromatic N) is 2. The lowest BCUT2D eigenvalue weighted by atomic mass is 10.0. The molecular weight excluding hydrogens is 226 g/mol. The Hall–Kier alpha value is -1.13. The molecule has 1 aliphatic heterocycles. The van der Waals surface area contributed by atoms with Gasteiger partial charge in [0.1, 0.15) is 0 Å². The van der Waals surface area contributed by atoms with Crippen molar-refractivity contribution in [1.29, 1.82) is 0 Å². The average Bonchev–Trinajstić information content (AvgIpc) is 2.38. The molecule has 1 saturated heterocycles. The van der Waals surface area contributed by atoms with E-state index in [1.165, 1.54) is 5.69 Å². The van der Waals surface area contributed by atoms with Crippen molar-refractivity contribution in [3.8, 4) is 0 Å². The van der Waals surface area contributed by atoms with E-state index in [1.807, 2.05) is 13.8 Å². The molecule has 1 aromatic heterocycles. The number of pyridine rings is 1. The van der Waals surface area contributed by atoms with Gasteiger partial charge in [0.05, 0.1) is 0 Å². The molecule has 0 unspecified atom stereocenters. The number of hydrogen-bond acceptors (Lipinski definition) is 4. The van der Waals surface area contributed by atoms with Crippen molar-refractivity contribution in [2.24, 2.45) is 5.73 Å². The highest BCUT2D eigenvalue weighted by molar-refractivity contribution is 5.56. The van der Waals surface area contributed by atoms with Gasteiger partial charge in [0, 0.05) is 55.5 Å². The molecule has 0 saturated carbocycles. The van der Waals surface area contributed by atoms with Gasteiger partial charge in [-0.15, -0.1) is 0 Å². The van der Waals surface area contributed by atoms with Crippen molar-refractivity contribution < 1.29 is 4.74 Å². The van der Waals surface area contributed by atoms with Crippen LogP contribution in [0.2, 0.25) is 0 Å². The first kappa shape index (κ1) is 13.3. The van der Waals surface area contributed by atoms with Gasteiger partial charge in [-0.25, -0.2) is 0 Å². The summed E-state index contributed by atoms with van der Waals surface area (Å²) in [6, 6.07) is 2.69. The highest BCUT2D eigenvalue weighted by Crippen LogP contribution is 2.27. The summed E-state index contributed by atoms with van der Waals surface area (Å²) in [7, 11) is 2.16. The summed E-state index contributed by atoms with van der Waals surface area (Å²) in [5.41, 5.74) is 10.4. The Morgan fingerprint density at radius 2 is 2.06 bits per heavy atom. The quantitative estimate of drug-likeness (QED) is 0.887. The van der Waals surface area contributed by atoms with E-state index in [0.717, 1.165) is 43.0 Å². The molecule has 100 valence electrons. The first-order chi connectivity index (χ1) is 8.63. The molecule has 2 heterocycles. The van der Waals surface area contributed by atoms with Gasteiger partial charge in [-0.2, -0.15) is 0 Å². The van der Waals surface area contributed by atoms with Gasteiger partial charge in [0.25, 0.3) is 0 Å². The van der Waals surface area contributed by atoms with Gasteiger partial charge in [-0.05, 0) is 32.8 Å². The highest BCUT2D eigenvalue weighted by Gasteiger charge is 2.21. The van der Waals surface area contributed by atoms with E-state index in [0.29, 0.717) is 12.6 Å². The van der Waals surface area contributed by atoms with Crippen LogP contribution in [0.4, 0.5) is 5.69 Å². The molecular formula is C14H23N3O. The van der Waals surface area contributed by atoms with E-state index >= 15 is 0 Å². The fraction of sp³-hybridized carbons (Fsp3) is 0.643. The van der Waals surface area contributed by atoms with Crippen molar-refractivity contribution in [3.63, 3.8) is 0 Å². The molecule has 1 fully saturated rings. The van der Waals surface area contributed by atoms with E-state index in [1.54, 1.807) is 0 Å². The molecule has 2 N–H and O–H groups in total. The molecule has 0 aromatic carbocycles. The Labute approximate surface area is 109 Å². The van der Waals surface area contributed by atoms with Crippen LogP contribution in [-0.4, -0.2) is 31.3 Å². The summed E-state index contributed by atoms with van der Waals surface area (Å²) in [6.07, 6.45) is 2.17. The molecule has 0 spiro atoms. The molecule has 0 atom stereocenters. The molecule has 18 heavy (non-hydrogen) atoms. The third-order valence-electron chi connectivity index (χ3n) is 3.76. The topological polar surface area (TPSA) is 51.4 Å². The minimum atomic E-state index is 0.544. The maximum atomic E-state index is 5.88. The van der Waals surface area contributed by atoms with E-state index < -0.39 is 0 Å². The standard InChI is InChI=1S/C14H23N3O/c1-10-8-14(13(9-15)11(2)16-10)17(3)12-4-6-18-7-5-12/h8,12H,4-7,9,15H2,1-3H3. The minimum Gasteiger partial charge on any atom is -0.381 e. The predicted octanol–water partition coefficient (Wildman–Crippen LogP) is 1.77. The third-order valence-corrected chi connectivity index (χ3v) is 3.76. The number of aromatic nitrogens is 1. The maximum absolute atomic E-state index is 5.88. The number of hydrogen-bond donors (Lipinski definition) is 1. The second kappa shape index (κ2) is 5.67. The largest absolute Gasteiger partial charge is 0.381 e. The summed E-state index contributed by atoms with van der Waals surface area (Å²) in [5, 5.41) is 0. The average molecular weight is 249 g/mol. The van der Waals surface area contributed by atoms with Crippen LogP contribution in [-0.2, 0) is 11.3 Å². The van der Waals surface area contributed by atoms with E-state index in [-0.39, 0.29) is 0 Å². The Bertz CT molecular complexity index is 414. The van der Waals surface area contributed by atoms with Gasteiger partial charge >= 0.3 is 0 Å². The van der Waals surface area contributed by atoms with Crippen molar-refractivity contribution in [3.05, 3.63) is 23.0 Å². The summed E-state index contributed by atoms with van der Waals surface area (Å²) in [4.78, 5) is 6.85. The molecule has 0 amide bonds. The van der Waals surface area contributed by atoms with Crippen molar-refractivity contribution in [1.82, 2.24) is 4.98 Å². The number of nitrogens with two attached hydrogens (primary N) is 1. The molecule has 4 nitrogen and oxygen atoms in total. The number of ether oxygens (including phenoxy) is 1. The second-order valence-corrected chi connectivity index (χ2v) is 5.01. The Morgan fingerprint density at radius 1 is 1.39 bits per heavy atom. The molecule has 0 aliphatic carbocycles. The van der Waals surface area contributed by atoms with Crippen LogP contribution in [0.25, 0.3) is 0 Å². The normalized spacial score (nSPS) is 16.9. The molecule has 0 bridgehead atoms. The Kier molecular flexibility index (Phi) is 4.19. The van der Waals surface area contributed by atoms with Gasteiger partial charge in [-0.3, -0.25) is 4.98 Å². The smallest absolute Gasteiger partial charge is 0.0485 e. The summed E-state index contributed by atoms with van der Waals surface area (Å²) in [5.74, 6) is 0. The third kappa shape index (κ3) is 2.65. The van der Waals surface area contributed by atoms with Crippen LogP contribution >= 0.6 is 0 Å². The lowest BCUT2D eigenvalue weighted by molar-refractivity contribution is 0.0854. The zero-order valence-electron chi connectivity index (χ0n) is 11.6. The van der Waals surface area contributed by atoms with Crippen LogP contribution in [0.15, 0.2) is 6.07 Å². The zero-order chi connectivity index (χ0) is 13.1. The van der Waals surface area contributed by atoms with E-state index in [2.05, 4.69) is 23.0 Å². The van der Waals surface area contributed by atoms with Crippen molar-refractivity contribution in [2.45, 2.75) is 39.3 Å². The SMILES string of the molecule is Cc1cc(N(C)C2CCOCC2)c(CN)c(C)n1. The minimum absolute atomic E-state index is 0.544. The van der Waals surface area contributed by atoms with Gasteiger partial charge in [-0.1, -0.05) is 0 Å². The molecule has 1 aliphatic rings. The highest BCUT2D eigenvalue weighted by atomic mass is 16.5. The van der Waals surface area contributed by atoms with Crippen molar-refractivity contribution >= 4 is 5.69 Å². The van der Waals surface area contributed by atoms with Crippen LogP contribution < -0.4 is 10.6 Å². The first-order valence-corrected chi connectivity index (χ1v) is 6.61. The Morgan fingerprint density at radius 3 is 2.67 bits per heavy atom. The number of aryl methyl sites for hydroxylation is 2. The maximum Gasteiger partial charge on any atom is 0.0485 e. The predicted molar refractivity (Wildman–Crippen MR) is 73.8 cm³/mol. The van der Waals surface area contributed by atoms with E-state index in [4.69, 9.17) is 10.5 Å². The lowest BCUT2D eigenvalue weighted by Gasteiger charge is -2.34. The zero-order valence-corrected chi connectivity index (χ0v) is 11.6. The lowest BCUT2D eigenvalue weighted by Crippen LogP contribution is -2.37. The molecule has 1 aromatic rings. The van der Waals surface area contributed by atoms with E-state index in [9.17, 15) is 0 Å². The number of rotatable bonds is 3. The monoisotopic (exact) mass is 249 g/mol. The summed E-state index contributed by atoms with van der Waals surface area (Å²) in [6.45, 7) is 6.33. The van der Waals surface area contributed by atoms with Crippen molar-refractivity contribution in [2.75, 3.05) is 25.2 Å². The van der Waals surface area contributed by atoms with Gasteiger partial charge in [0.15, 0.2) is 0 Å². The van der Waals surface area contributed by atoms with Crippen LogP contribution in [0.1, 0.15) is 29.8 Å². The van der Waals surface area contributed by atoms with Gasteiger partial charge in [0.2, 0.25) is 0 Å². The Balaban J connectivity index is 2.30. The summed E-state index contributed by atoms with van der Waals surface area (Å²) < 4.78 is 5.43. The van der Waals surface area contributed by atoms with Crippen LogP contribution in [0.5, 0.6) is 0 Å². The number of anilines is 1. The fourth-order valence-electron chi connectivity index (χ4n) is 2.67. The molecule has 0 radical (unpaired) electrons. The first-order valence-electron chi connectivity index (χ1n) is 6.61. The summed E-state index contributed by atoms with van der Waals surface area (Å²) >= 11 is 0. The second-order valence-electron chi connectivity index (χ2n) is 5.01. The molecule has 2 rings (SSSR count). The van der Waals surface area contributed by atoms with Crippen LogP contribution in [0, 0.1) is 13.8 Å².